The second-order valence-electron chi connectivity index (χ2n) is 3.76. The van der Waals surface area contributed by atoms with Crippen molar-refractivity contribution in [1.29, 1.82) is 0 Å². The highest BCUT2D eigenvalue weighted by Crippen LogP contribution is 2.36. The average molecular weight is 312 g/mol. The molecule has 1 aromatic heterocycles. The number of benzene rings is 1. The van der Waals surface area contributed by atoms with E-state index in [2.05, 4.69) is 37.5 Å². The fourth-order valence-corrected chi connectivity index (χ4v) is 2.78. The molecule has 2 aromatic rings. The summed E-state index contributed by atoms with van der Waals surface area (Å²) < 4.78 is 6.70. The fourth-order valence-electron chi connectivity index (χ4n) is 1.90. The Morgan fingerprint density at radius 2 is 2.41 bits per heavy atom. The van der Waals surface area contributed by atoms with Gasteiger partial charge in [-0.25, -0.2) is 0 Å². The van der Waals surface area contributed by atoms with Gasteiger partial charge in [0.15, 0.2) is 0 Å². The maximum absolute atomic E-state index is 5.63. The molecule has 0 saturated heterocycles. The smallest absolute Gasteiger partial charge is 0.205 e. The van der Waals surface area contributed by atoms with Crippen LogP contribution in [0.4, 0.5) is 5.13 Å². The Bertz CT molecular complexity index is 517. The van der Waals surface area contributed by atoms with Gasteiger partial charge < -0.3 is 10.1 Å². The number of hydrogen-bond donors (Lipinski definition) is 1. The zero-order valence-corrected chi connectivity index (χ0v) is 11.3. The Balaban J connectivity index is 1.90. The van der Waals surface area contributed by atoms with Crippen molar-refractivity contribution in [2.24, 2.45) is 0 Å². The van der Waals surface area contributed by atoms with Crippen LogP contribution < -0.4 is 10.1 Å². The van der Waals surface area contributed by atoms with Crippen molar-refractivity contribution in [2.75, 3.05) is 11.9 Å². The van der Waals surface area contributed by atoms with Gasteiger partial charge in [0.25, 0.3) is 0 Å². The number of rotatable bonds is 2. The third-order valence-electron chi connectivity index (χ3n) is 2.67. The summed E-state index contributed by atoms with van der Waals surface area (Å²) in [5, 5.41) is 12.1. The van der Waals surface area contributed by atoms with Crippen LogP contribution in [-0.2, 0) is 0 Å². The number of aromatic nitrogens is 2. The van der Waals surface area contributed by atoms with E-state index >= 15 is 0 Å². The Morgan fingerprint density at radius 3 is 3.24 bits per heavy atom. The Labute approximate surface area is 111 Å². The molecular formula is C11H10BrN3OS. The topological polar surface area (TPSA) is 47.0 Å². The Kier molecular flexibility index (Phi) is 2.98. The van der Waals surface area contributed by atoms with Crippen LogP contribution in [0.5, 0.6) is 5.75 Å². The molecule has 88 valence electrons. The highest BCUT2D eigenvalue weighted by Gasteiger charge is 2.22. The molecule has 0 radical (unpaired) electrons. The molecule has 0 fully saturated rings. The van der Waals surface area contributed by atoms with Crippen LogP contribution in [0.1, 0.15) is 18.0 Å². The zero-order chi connectivity index (χ0) is 11.7. The van der Waals surface area contributed by atoms with Crippen molar-refractivity contribution in [3.8, 4) is 5.75 Å². The van der Waals surface area contributed by atoms with Crippen molar-refractivity contribution in [2.45, 2.75) is 12.5 Å². The first-order valence-corrected chi connectivity index (χ1v) is 6.95. The van der Waals surface area contributed by atoms with E-state index in [0.717, 1.165) is 28.4 Å². The highest BCUT2D eigenvalue weighted by molar-refractivity contribution is 9.10. The second-order valence-corrected chi connectivity index (χ2v) is 5.51. The standard InChI is InChI=1S/C11H10BrN3OS/c12-7-1-2-10-8(5-7)9(3-4-16-10)14-11-15-13-6-17-11/h1-2,5-6,9H,3-4H2,(H,14,15). The fraction of sp³-hybridized carbons (Fsp3) is 0.273. The van der Waals surface area contributed by atoms with Gasteiger partial charge in [-0.15, -0.1) is 10.2 Å². The molecule has 2 heterocycles. The zero-order valence-electron chi connectivity index (χ0n) is 8.89. The largest absolute Gasteiger partial charge is 0.493 e. The first kappa shape index (κ1) is 11.0. The van der Waals surface area contributed by atoms with Crippen LogP contribution >= 0.6 is 27.3 Å². The first-order chi connectivity index (χ1) is 8.33. The molecular weight excluding hydrogens is 302 g/mol. The summed E-state index contributed by atoms with van der Waals surface area (Å²) in [5.74, 6) is 0.946. The van der Waals surface area contributed by atoms with E-state index in [1.165, 1.54) is 16.9 Å². The maximum Gasteiger partial charge on any atom is 0.205 e. The normalized spacial score (nSPS) is 18.3. The molecule has 4 nitrogen and oxygen atoms in total. The van der Waals surface area contributed by atoms with E-state index in [1.54, 1.807) is 5.51 Å². The molecule has 0 spiro atoms. The number of fused-ring (bicyclic) bond motifs is 1. The third-order valence-corrected chi connectivity index (χ3v) is 3.78. The molecule has 1 unspecified atom stereocenters. The minimum atomic E-state index is 0.240. The summed E-state index contributed by atoms with van der Waals surface area (Å²) in [6, 6.07) is 6.32. The molecule has 6 heteroatoms. The van der Waals surface area contributed by atoms with Crippen LogP contribution in [0, 0.1) is 0 Å². The molecule has 1 aromatic carbocycles. The predicted octanol–water partition coefficient (Wildman–Crippen LogP) is 3.24. The number of hydrogen-bond acceptors (Lipinski definition) is 5. The van der Waals surface area contributed by atoms with Crippen molar-refractivity contribution in [1.82, 2.24) is 10.2 Å². The number of nitrogens with one attached hydrogen (secondary N) is 1. The van der Waals surface area contributed by atoms with Crippen LogP contribution in [0.2, 0.25) is 0 Å². The summed E-state index contributed by atoms with van der Waals surface area (Å²) in [4.78, 5) is 0. The van der Waals surface area contributed by atoms with Gasteiger partial charge in [0.1, 0.15) is 11.3 Å². The van der Waals surface area contributed by atoms with Crippen LogP contribution in [-0.4, -0.2) is 16.8 Å². The molecule has 0 aliphatic carbocycles. The lowest BCUT2D eigenvalue weighted by atomic mass is 10.0. The average Bonchev–Trinajstić information content (AvgIpc) is 2.83. The van der Waals surface area contributed by atoms with E-state index in [9.17, 15) is 0 Å². The number of anilines is 1. The van der Waals surface area contributed by atoms with Crippen molar-refractivity contribution < 1.29 is 4.74 Å². The Morgan fingerprint density at radius 1 is 1.47 bits per heavy atom. The molecule has 1 N–H and O–H groups in total. The van der Waals surface area contributed by atoms with Crippen LogP contribution in [0.25, 0.3) is 0 Å². The van der Waals surface area contributed by atoms with Gasteiger partial charge in [-0.1, -0.05) is 27.3 Å². The van der Waals surface area contributed by atoms with E-state index in [1.807, 2.05) is 12.1 Å². The number of halogens is 1. The molecule has 3 rings (SSSR count). The number of nitrogens with zero attached hydrogens (tertiary/aromatic N) is 2. The SMILES string of the molecule is Brc1ccc2c(c1)C(Nc1nncs1)CCO2. The van der Waals surface area contributed by atoms with Gasteiger partial charge >= 0.3 is 0 Å². The highest BCUT2D eigenvalue weighted by atomic mass is 79.9. The molecule has 1 aliphatic rings. The monoisotopic (exact) mass is 311 g/mol. The van der Waals surface area contributed by atoms with Gasteiger partial charge in [0, 0.05) is 16.5 Å². The summed E-state index contributed by atoms with van der Waals surface area (Å²) in [6.07, 6.45) is 0.934. The minimum Gasteiger partial charge on any atom is -0.493 e. The second kappa shape index (κ2) is 4.62. The van der Waals surface area contributed by atoms with Crippen molar-refractivity contribution in [3.63, 3.8) is 0 Å². The van der Waals surface area contributed by atoms with Crippen LogP contribution in [0.15, 0.2) is 28.2 Å². The number of ether oxygens (including phenoxy) is 1. The molecule has 0 saturated carbocycles. The summed E-state index contributed by atoms with van der Waals surface area (Å²) in [5.41, 5.74) is 2.89. The quantitative estimate of drug-likeness (QED) is 0.925. The molecule has 0 amide bonds. The molecule has 1 atom stereocenters. The lowest BCUT2D eigenvalue weighted by molar-refractivity contribution is 0.274. The molecule has 17 heavy (non-hydrogen) atoms. The van der Waals surface area contributed by atoms with Gasteiger partial charge in [-0.05, 0) is 18.2 Å². The van der Waals surface area contributed by atoms with E-state index in [-0.39, 0.29) is 6.04 Å². The van der Waals surface area contributed by atoms with Gasteiger partial charge in [-0.3, -0.25) is 0 Å². The summed E-state index contributed by atoms with van der Waals surface area (Å²) in [6.45, 7) is 0.727. The van der Waals surface area contributed by atoms with E-state index in [4.69, 9.17) is 4.74 Å². The lowest BCUT2D eigenvalue weighted by Gasteiger charge is -2.26. The van der Waals surface area contributed by atoms with Crippen LogP contribution in [0.3, 0.4) is 0 Å². The molecule has 1 aliphatic heterocycles. The maximum atomic E-state index is 5.63. The summed E-state index contributed by atoms with van der Waals surface area (Å²) in [7, 11) is 0. The molecule has 0 bridgehead atoms. The first-order valence-electron chi connectivity index (χ1n) is 5.28. The van der Waals surface area contributed by atoms with E-state index in [0.29, 0.717) is 0 Å². The van der Waals surface area contributed by atoms with Crippen molar-refractivity contribution >= 4 is 32.4 Å². The van der Waals surface area contributed by atoms with E-state index < -0.39 is 0 Å². The lowest BCUT2D eigenvalue weighted by Crippen LogP contribution is -2.20. The third kappa shape index (κ3) is 2.28. The minimum absolute atomic E-state index is 0.240. The summed E-state index contributed by atoms with van der Waals surface area (Å²) >= 11 is 5.00. The Hall–Kier alpha value is -1.14. The van der Waals surface area contributed by atoms with Gasteiger partial charge in [0.05, 0.1) is 12.6 Å². The van der Waals surface area contributed by atoms with Gasteiger partial charge in [0.2, 0.25) is 5.13 Å². The predicted molar refractivity (Wildman–Crippen MR) is 70.5 cm³/mol. The van der Waals surface area contributed by atoms with Gasteiger partial charge in [-0.2, -0.15) is 0 Å². The van der Waals surface area contributed by atoms with Crippen molar-refractivity contribution in [3.05, 3.63) is 33.7 Å².